The zero-order chi connectivity index (χ0) is 23.8. The van der Waals surface area contributed by atoms with Crippen LogP contribution in [0.3, 0.4) is 0 Å². The lowest BCUT2D eigenvalue weighted by atomic mass is 9.96. The summed E-state index contributed by atoms with van der Waals surface area (Å²) in [5.74, 6) is -0.416. The Morgan fingerprint density at radius 1 is 1.12 bits per heavy atom. The Morgan fingerprint density at radius 3 is 2.58 bits per heavy atom. The van der Waals surface area contributed by atoms with Gasteiger partial charge in [0.05, 0.1) is 18.3 Å². The van der Waals surface area contributed by atoms with Crippen molar-refractivity contribution in [3.8, 4) is 17.2 Å². The van der Waals surface area contributed by atoms with E-state index in [1.54, 1.807) is 36.4 Å². The van der Waals surface area contributed by atoms with Crippen LogP contribution in [0.25, 0.3) is 22.0 Å². The van der Waals surface area contributed by atoms with E-state index in [0.29, 0.717) is 27.6 Å². The third-order valence-electron chi connectivity index (χ3n) is 5.41. The van der Waals surface area contributed by atoms with Crippen LogP contribution in [0.4, 0.5) is 17.6 Å². The molecule has 2 aromatic heterocycles. The van der Waals surface area contributed by atoms with E-state index in [1.165, 1.54) is 23.7 Å². The molecule has 1 N–H and O–H groups in total. The molecule has 0 fully saturated rings. The first-order chi connectivity index (χ1) is 15.6. The van der Waals surface area contributed by atoms with Gasteiger partial charge in [0.2, 0.25) is 5.60 Å². The number of nitriles is 1. The van der Waals surface area contributed by atoms with Gasteiger partial charge in [0.25, 0.3) is 0 Å². The van der Waals surface area contributed by atoms with Crippen LogP contribution in [0.15, 0.2) is 54.7 Å². The Labute approximate surface area is 185 Å². The smallest absolute Gasteiger partial charge is 0.375 e. The Kier molecular flexibility index (Phi) is 5.59. The Morgan fingerprint density at radius 2 is 1.91 bits per heavy atom. The van der Waals surface area contributed by atoms with Crippen molar-refractivity contribution in [2.75, 3.05) is 0 Å². The van der Waals surface area contributed by atoms with E-state index in [4.69, 9.17) is 0 Å². The molecule has 0 saturated heterocycles. The number of halogens is 4. The zero-order valence-electron chi connectivity index (χ0n) is 17.3. The van der Waals surface area contributed by atoms with Crippen LogP contribution >= 0.6 is 0 Å². The summed E-state index contributed by atoms with van der Waals surface area (Å²) < 4.78 is 54.8. The van der Waals surface area contributed by atoms with Crippen molar-refractivity contribution in [3.05, 3.63) is 77.5 Å². The molecule has 33 heavy (non-hydrogen) atoms. The number of hydrogen-bond donors (Lipinski definition) is 1. The van der Waals surface area contributed by atoms with Crippen molar-refractivity contribution in [1.29, 1.82) is 5.26 Å². The molecule has 4 aromatic rings. The van der Waals surface area contributed by atoms with E-state index in [2.05, 4.69) is 15.3 Å². The molecule has 1 atom stereocenters. The van der Waals surface area contributed by atoms with E-state index < -0.39 is 29.7 Å². The molecular formula is C23H17F4N5O. The molecule has 0 aliphatic heterocycles. The molecule has 4 rings (SSSR count). The number of aliphatic hydroxyl groups is 1. The average Bonchev–Trinajstić information content (AvgIpc) is 3.25. The lowest BCUT2D eigenvalue weighted by Crippen LogP contribution is -2.42. The summed E-state index contributed by atoms with van der Waals surface area (Å²) in [6.45, 7) is 1.28. The summed E-state index contributed by atoms with van der Waals surface area (Å²) in [4.78, 5) is 4.31. The van der Waals surface area contributed by atoms with Crippen molar-refractivity contribution < 1.29 is 22.7 Å². The third kappa shape index (κ3) is 4.15. The lowest BCUT2D eigenvalue weighted by molar-refractivity contribution is -0.269. The number of aromatic nitrogens is 4. The van der Waals surface area contributed by atoms with Crippen molar-refractivity contribution in [2.24, 2.45) is 0 Å². The largest absolute Gasteiger partial charge is 0.423 e. The van der Waals surface area contributed by atoms with Crippen molar-refractivity contribution in [1.82, 2.24) is 20.0 Å². The second-order valence-corrected chi connectivity index (χ2v) is 7.54. The lowest BCUT2D eigenvalue weighted by Gasteiger charge is -2.26. The molecule has 0 radical (unpaired) electrons. The standard InChI is InChI=1S/C23H17F4N5O/c1-2-22(33,23(25,26)27)21-13-32(31-30-21)12-14-6-7-18-19(15-4-3-5-16(24)9-15)10-17(11-28)29-20(18)8-14/h3-10,13,33H,2,12H2,1H3. The number of rotatable bonds is 5. The van der Waals surface area contributed by atoms with Gasteiger partial charge in [-0.25, -0.2) is 14.1 Å². The number of benzene rings is 2. The molecule has 2 aromatic carbocycles. The predicted octanol–water partition coefficient (Wildman–Crippen LogP) is 4.71. The molecule has 10 heteroatoms. The highest BCUT2D eigenvalue weighted by Gasteiger charge is 2.55. The molecule has 0 aliphatic rings. The maximum absolute atomic E-state index is 13.7. The first-order valence-electron chi connectivity index (χ1n) is 9.94. The zero-order valence-corrected chi connectivity index (χ0v) is 17.3. The minimum Gasteiger partial charge on any atom is -0.375 e. The van der Waals surface area contributed by atoms with Gasteiger partial charge < -0.3 is 5.11 Å². The maximum Gasteiger partial charge on any atom is 0.423 e. The predicted molar refractivity (Wildman–Crippen MR) is 111 cm³/mol. The highest BCUT2D eigenvalue weighted by atomic mass is 19.4. The molecule has 168 valence electrons. The third-order valence-corrected chi connectivity index (χ3v) is 5.41. The van der Waals surface area contributed by atoms with E-state index in [1.807, 2.05) is 6.07 Å². The van der Waals surface area contributed by atoms with Crippen molar-refractivity contribution in [3.63, 3.8) is 0 Å². The van der Waals surface area contributed by atoms with Gasteiger partial charge in [0.1, 0.15) is 23.3 Å². The van der Waals surface area contributed by atoms with Crippen molar-refractivity contribution in [2.45, 2.75) is 31.7 Å². The van der Waals surface area contributed by atoms with Gasteiger partial charge in [-0.2, -0.15) is 18.4 Å². The summed E-state index contributed by atoms with van der Waals surface area (Å²) in [7, 11) is 0. The van der Waals surface area contributed by atoms with E-state index in [-0.39, 0.29) is 12.2 Å². The monoisotopic (exact) mass is 455 g/mol. The summed E-state index contributed by atoms with van der Waals surface area (Å²) in [6, 6.07) is 14.7. The molecule has 0 amide bonds. The van der Waals surface area contributed by atoms with Crippen LogP contribution in [0.1, 0.15) is 30.3 Å². The molecular weight excluding hydrogens is 438 g/mol. The summed E-state index contributed by atoms with van der Waals surface area (Å²) in [5.41, 5.74) is -1.22. The Hall–Kier alpha value is -3.84. The fraction of sp³-hybridized carbons (Fsp3) is 0.217. The maximum atomic E-state index is 13.7. The molecule has 0 aliphatic carbocycles. The summed E-state index contributed by atoms with van der Waals surface area (Å²) >= 11 is 0. The molecule has 6 nitrogen and oxygen atoms in total. The second kappa shape index (κ2) is 8.26. The molecule has 1 unspecified atom stereocenters. The van der Waals surface area contributed by atoms with Crippen molar-refractivity contribution >= 4 is 10.9 Å². The number of fused-ring (bicyclic) bond motifs is 1. The van der Waals surface area contributed by atoms with Crippen LogP contribution < -0.4 is 0 Å². The van der Waals surface area contributed by atoms with E-state index >= 15 is 0 Å². The van der Waals surface area contributed by atoms with Gasteiger partial charge in [0.15, 0.2) is 0 Å². The van der Waals surface area contributed by atoms with Crippen LogP contribution in [-0.4, -0.2) is 31.3 Å². The number of hydrogen-bond acceptors (Lipinski definition) is 5. The van der Waals surface area contributed by atoms with Gasteiger partial charge in [-0.15, -0.1) is 5.10 Å². The van der Waals surface area contributed by atoms with E-state index in [0.717, 1.165) is 6.20 Å². The summed E-state index contributed by atoms with van der Waals surface area (Å²) in [6.07, 6.45) is -4.44. The number of alkyl halides is 3. The normalized spacial score (nSPS) is 13.6. The fourth-order valence-corrected chi connectivity index (χ4v) is 3.60. The molecule has 2 heterocycles. The summed E-state index contributed by atoms with van der Waals surface area (Å²) in [5, 5.41) is 27.4. The second-order valence-electron chi connectivity index (χ2n) is 7.54. The minimum atomic E-state index is -4.89. The highest BCUT2D eigenvalue weighted by Crippen LogP contribution is 2.40. The van der Waals surface area contributed by atoms with Gasteiger partial charge in [-0.1, -0.05) is 36.4 Å². The first-order valence-corrected chi connectivity index (χ1v) is 9.94. The number of nitrogens with zero attached hydrogens (tertiary/aromatic N) is 5. The highest BCUT2D eigenvalue weighted by molar-refractivity contribution is 5.95. The topological polar surface area (TPSA) is 87.6 Å². The Balaban J connectivity index is 1.71. The average molecular weight is 455 g/mol. The Bertz CT molecular complexity index is 1380. The van der Waals surface area contributed by atoms with Crippen LogP contribution in [-0.2, 0) is 12.1 Å². The van der Waals surface area contributed by atoms with E-state index in [9.17, 15) is 27.9 Å². The van der Waals surface area contributed by atoms with Crippen LogP contribution in [0.2, 0.25) is 0 Å². The quantitative estimate of drug-likeness (QED) is 0.441. The molecule has 0 saturated carbocycles. The fourth-order valence-electron chi connectivity index (χ4n) is 3.60. The first kappa shape index (κ1) is 22.4. The van der Waals surface area contributed by atoms with Crippen LogP contribution in [0, 0.1) is 17.1 Å². The van der Waals surface area contributed by atoms with Gasteiger partial charge in [-0.3, -0.25) is 0 Å². The minimum absolute atomic E-state index is 0.0638. The van der Waals surface area contributed by atoms with Gasteiger partial charge in [-0.05, 0) is 47.4 Å². The molecule has 0 spiro atoms. The van der Waals surface area contributed by atoms with Gasteiger partial charge in [0, 0.05) is 5.39 Å². The SMILES string of the molecule is CCC(O)(c1cn(Cc2ccc3c(-c4cccc(F)c4)cc(C#N)nc3c2)nn1)C(F)(F)F. The molecule has 0 bridgehead atoms. The van der Waals surface area contributed by atoms with Crippen LogP contribution in [0.5, 0.6) is 0 Å². The number of pyridine rings is 1. The van der Waals surface area contributed by atoms with Gasteiger partial charge >= 0.3 is 6.18 Å².